The largest absolute Gasteiger partial charge is 0.393 e. The number of amides is 1. The summed E-state index contributed by atoms with van der Waals surface area (Å²) in [6, 6.07) is 0.288. The highest BCUT2D eigenvalue weighted by Gasteiger charge is 2.28. The predicted molar refractivity (Wildman–Crippen MR) is 64.5 cm³/mol. The molecule has 14 heavy (non-hydrogen) atoms. The Labute approximate surface area is 94.4 Å². The molecule has 80 valence electrons. The fraction of sp³-hybridized carbons (Fsp3) is 0.778. The molecule has 0 bridgehead atoms. The van der Waals surface area contributed by atoms with Crippen molar-refractivity contribution in [2.75, 3.05) is 12.3 Å². The number of thioether (sulfide) groups is 1. The maximum atomic E-state index is 11.7. The van der Waals surface area contributed by atoms with Crippen LogP contribution in [0.3, 0.4) is 0 Å². The third-order valence-electron chi connectivity index (χ3n) is 2.53. The van der Waals surface area contributed by atoms with Gasteiger partial charge in [-0.05, 0) is 6.92 Å². The van der Waals surface area contributed by atoms with Gasteiger partial charge in [0.05, 0.1) is 11.4 Å². The lowest BCUT2D eigenvalue weighted by atomic mass is 10.2. The van der Waals surface area contributed by atoms with Crippen LogP contribution < -0.4 is 5.73 Å². The molecule has 0 aliphatic carbocycles. The molecule has 1 aliphatic rings. The molecule has 1 amide bonds. The van der Waals surface area contributed by atoms with Crippen LogP contribution in [-0.4, -0.2) is 39.4 Å². The zero-order valence-corrected chi connectivity index (χ0v) is 10.2. The molecule has 1 rings (SSSR count). The standard InChI is InChI=1S/C9H16N2OS2/c1-6-7(2)14-4-3-11(6)9(12)5-8(10)13/h6-7H,3-5H2,1-2H3,(H2,10,13). The molecule has 3 nitrogen and oxygen atoms in total. The van der Waals surface area contributed by atoms with Gasteiger partial charge in [-0.25, -0.2) is 0 Å². The smallest absolute Gasteiger partial charge is 0.229 e. The quantitative estimate of drug-likeness (QED) is 0.722. The molecule has 0 spiro atoms. The highest BCUT2D eigenvalue weighted by Crippen LogP contribution is 2.24. The molecule has 1 saturated heterocycles. The van der Waals surface area contributed by atoms with Gasteiger partial charge in [-0.1, -0.05) is 19.1 Å². The van der Waals surface area contributed by atoms with Gasteiger partial charge in [0.25, 0.3) is 0 Å². The van der Waals surface area contributed by atoms with E-state index < -0.39 is 0 Å². The van der Waals surface area contributed by atoms with Crippen molar-refractivity contribution < 1.29 is 4.79 Å². The second-order valence-electron chi connectivity index (χ2n) is 3.55. The van der Waals surface area contributed by atoms with Crippen molar-refractivity contribution in [2.45, 2.75) is 31.6 Å². The number of thiocarbonyl (C=S) groups is 1. The van der Waals surface area contributed by atoms with E-state index in [2.05, 4.69) is 13.8 Å². The lowest BCUT2D eigenvalue weighted by molar-refractivity contribution is -0.131. The van der Waals surface area contributed by atoms with Crippen molar-refractivity contribution in [1.29, 1.82) is 0 Å². The highest BCUT2D eigenvalue weighted by molar-refractivity contribution is 8.00. The first-order chi connectivity index (χ1) is 6.52. The van der Waals surface area contributed by atoms with E-state index in [0.29, 0.717) is 5.25 Å². The lowest BCUT2D eigenvalue weighted by Gasteiger charge is -2.37. The summed E-state index contributed by atoms with van der Waals surface area (Å²) in [5.41, 5.74) is 5.36. The summed E-state index contributed by atoms with van der Waals surface area (Å²) in [7, 11) is 0. The monoisotopic (exact) mass is 232 g/mol. The van der Waals surface area contributed by atoms with Crippen molar-refractivity contribution in [3.8, 4) is 0 Å². The summed E-state index contributed by atoms with van der Waals surface area (Å²) < 4.78 is 0. The summed E-state index contributed by atoms with van der Waals surface area (Å²) in [4.78, 5) is 13.9. The summed E-state index contributed by atoms with van der Waals surface area (Å²) >= 11 is 6.64. The van der Waals surface area contributed by atoms with E-state index in [1.807, 2.05) is 16.7 Å². The van der Waals surface area contributed by atoms with Crippen LogP contribution in [-0.2, 0) is 4.79 Å². The van der Waals surface area contributed by atoms with Gasteiger partial charge >= 0.3 is 0 Å². The van der Waals surface area contributed by atoms with Crippen molar-refractivity contribution >= 4 is 34.9 Å². The average molecular weight is 232 g/mol. The Morgan fingerprint density at radius 3 is 2.86 bits per heavy atom. The number of nitrogens with two attached hydrogens (primary N) is 1. The van der Waals surface area contributed by atoms with E-state index in [1.54, 1.807) is 0 Å². The van der Waals surface area contributed by atoms with Gasteiger partial charge in [0.1, 0.15) is 0 Å². The van der Waals surface area contributed by atoms with Gasteiger partial charge in [-0.3, -0.25) is 4.79 Å². The maximum absolute atomic E-state index is 11.7. The van der Waals surface area contributed by atoms with Crippen molar-refractivity contribution in [2.24, 2.45) is 5.73 Å². The minimum absolute atomic E-state index is 0.0668. The maximum Gasteiger partial charge on any atom is 0.229 e. The molecule has 1 aliphatic heterocycles. The first-order valence-corrected chi connectivity index (χ1v) is 6.17. The number of hydrogen-bond acceptors (Lipinski definition) is 3. The minimum Gasteiger partial charge on any atom is -0.393 e. The first-order valence-electron chi connectivity index (χ1n) is 4.71. The van der Waals surface area contributed by atoms with Crippen LogP contribution in [0.15, 0.2) is 0 Å². The molecular formula is C9H16N2OS2. The lowest BCUT2D eigenvalue weighted by Crippen LogP contribution is -2.48. The van der Waals surface area contributed by atoms with Crippen LogP contribution in [0, 0.1) is 0 Å². The van der Waals surface area contributed by atoms with Crippen LogP contribution in [0.2, 0.25) is 0 Å². The van der Waals surface area contributed by atoms with Crippen LogP contribution >= 0.6 is 24.0 Å². The summed E-state index contributed by atoms with van der Waals surface area (Å²) in [6.45, 7) is 5.04. The number of nitrogens with zero attached hydrogens (tertiary/aromatic N) is 1. The third-order valence-corrected chi connectivity index (χ3v) is 4.01. The molecule has 0 aromatic carbocycles. The summed E-state index contributed by atoms with van der Waals surface area (Å²) in [5, 5.41) is 0.499. The molecule has 0 aromatic rings. The molecule has 1 fully saturated rings. The zero-order chi connectivity index (χ0) is 10.7. The van der Waals surface area contributed by atoms with Gasteiger partial charge in [0.2, 0.25) is 5.91 Å². The molecular weight excluding hydrogens is 216 g/mol. The third kappa shape index (κ3) is 2.85. The molecule has 0 radical (unpaired) electrons. The molecule has 2 atom stereocenters. The second-order valence-corrected chi connectivity index (χ2v) is 5.56. The van der Waals surface area contributed by atoms with E-state index in [9.17, 15) is 4.79 Å². The Morgan fingerprint density at radius 2 is 2.29 bits per heavy atom. The fourth-order valence-electron chi connectivity index (χ4n) is 1.54. The Kier molecular flexibility index (Phi) is 4.19. The SMILES string of the molecule is CC1SCCN(C(=O)CC(N)=S)C1C. The second kappa shape index (κ2) is 4.98. The van der Waals surface area contributed by atoms with Crippen LogP contribution in [0.25, 0.3) is 0 Å². The van der Waals surface area contributed by atoms with Gasteiger partial charge in [0, 0.05) is 23.6 Å². The number of rotatable bonds is 2. The molecule has 2 unspecified atom stereocenters. The Hall–Kier alpha value is -0.290. The average Bonchev–Trinajstić information content (AvgIpc) is 2.08. The van der Waals surface area contributed by atoms with E-state index >= 15 is 0 Å². The van der Waals surface area contributed by atoms with Crippen LogP contribution in [0.1, 0.15) is 20.3 Å². The van der Waals surface area contributed by atoms with E-state index in [4.69, 9.17) is 18.0 Å². The first kappa shape index (κ1) is 11.8. The molecule has 0 aromatic heterocycles. The summed E-state index contributed by atoms with van der Waals surface area (Å²) in [6.07, 6.45) is 0.205. The number of hydrogen-bond donors (Lipinski definition) is 1. The van der Waals surface area contributed by atoms with E-state index in [1.165, 1.54) is 0 Å². The molecule has 5 heteroatoms. The van der Waals surface area contributed by atoms with Gasteiger partial charge in [-0.2, -0.15) is 11.8 Å². The van der Waals surface area contributed by atoms with Gasteiger partial charge in [-0.15, -0.1) is 0 Å². The number of carbonyl (C=O) groups excluding carboxylic acids is 1. The van der Waals surface area contributed by atoms with Crippen molar-refractivity contribution in [1.82, 2.24) is 4.90 Å². The Morgan fingerprint density at radius 1 is 1.64 bits per heavy atom. The number of carbonyl (C=O) groups is 1. The molecule has 2 N–H and O–H groups in total. The Balaban J connectivity index is 2.57. The Bertz CT molecular complexity index is 245. The van der Waals surface area contributed by atoms with Gasteiger partial charge < -0.3 is 10.6 Å². The zero-order valence-electron chi connectivity index (χ0n) is 8.53. The van der Waals surface area contributed by atoms with E-state index in [-0.39, 0.29) is 23.4 Å². The molecule has 1 heterocycles. The van der Waals surface area contributed by atoms with Crippen LogP contribution in [0.4, 0.5) is 0 Å². The van der Waals surface area contributed by atoms with E-state index in [0.717, 1.165) is 12.3 Å². The van der Waals surface area contributed by atoms with Crippen LogP contribution in [0.5, 0.6) is 0 Å². The van der Waals surface area contributed by atoms with Crippen molar-refractivity contribution in [3.05, 3.63) is 0 Å². The highest BCUT2D eigenvalue weighted by atomic mass is 32.2. The fourth-order valence-corrected chi connectivity index (χ4v) is 2.76. The predicted octanol–water partition coefficient (Wildman–Crippen LogP) is 1.02. The molecule has 0 saturated carbocycles. The van der Waals surface area contributed by atoms with Gasteiger partial charge in [0.15, 0.2) is 0 Å². The normalized spacial score (nSPS) is 27.4. The minimum atomic E-state index is 0.0668. The summed E-state index contributed by atoms with van der Waals surface area (Å²) in [5.74, 6) is 1.08. The topological polar surface area (TPSA) is 46.3 Å². The van der Waals surface area contributed by atoms with Crippen molar-refractivity contribution in [3.63, 3.8) is 0 Å².